The average molecular weight is 332 g/mol. The van der Waals surface area contributed by atoms with Crippen LogP contribution in [0.3, 0.4) is 0 Å². The zero-order chi connectivity index (χ0) is 13.7. The Hall–Kier alpha value is -0.850. The van der Waals surface area contributed by atoms with Gasteiger partial charge < -0.3 is 19.2 Å². The Morgan fingerprint density at radius 1 is 1.47 bits per heavy atom. The van der Waals surface area contributed by atoms with E-state index in [1.54, 1.807) is 17.0 Å². The molecule has 1 aliphatic heterocycles. The number of hydrogen-bond acceptors (Lipinski definition) is 4. The first-order chi connectivity index (χ1) is 9.20. The van der Waals surface area contributed by atoms with Crippen molar-refractivity contribution in [2.45, 2.75) is 25.4 Å². The topological polar surface area (TPSA) is 62.9 Å². The number of likely N-dealkylation sites (tertiary alicyclic amines) is 1. The number of amides is 1. The summed E-state index contributed by atoms with van der Waals surface area (Å²) in [6, 6.07) is 3.40. The highest BCUT2D eigenvalue weighted by atomic mass is 79.9. The molecule has 1 amide bonds. The van der Waals surface area contributed by atoms with Gasteiger partial charge >= 0.3 is 0 Å². The van der Waals surface area contributed by atoms with Gasteiger partial charge in [0.1, 0.15) is 0 Å². The molecular formula is C13H18BrNO4. The largest absolute Gasteiger partial charge is 0.444 e. The molecule has 2 heterocycles. The van der Waals surface area contributed by atoms with Crippen molar-refractivity contribution in [2.75, 3.05) is 26.3 Å². The van der Waals surface area contributed by atoms with Gasteiger partial charge in [0.2, 0.25) is 0 Å². The van der Waals surface area contributed by atoms with E-state index in [-0.39, 0.29) is 18.6 Å². The summed E-state index contributed by atoms with van der Waals surface area (Å²) in [6.07, 6.45) is 2.52. The first-order valence-electron chi connectivity index (χ1n) is 6.48. The molecule has 0 saturated carbocycles. The van der Waals surface area contributed by atoms with Gasteiger partial charge in [-0.25, -0.2) is 0 Å². The molecule has 0 aromatic carbocycles. The van der Waals surface area contributed by atoms with Crippen molar-refractivity contribution in [3.63, 3.8) is 0 Å². The second-order valence-electron chi connectivity index (χ2n) is 4.54. The van der Waals surface area contributed by atoms with Crippen LogP contribution in [0, 0.1) is 0 Å². The van der Waals surface area contributed by atoms with E-state index in [0.29, 0.717) is 36.5 Å². The number of ether oxygens (including phenoxy) is 1. The number of furan rings is 1. The zero-order valence-corrected chi connectivity index (χ0v) is 12.3. The Morgan fingerprint density at radius 2 is 2.21 bits per heavy atom. The Kier molecular flexibility index (Phi) is 5.42. The van der Waals surface area contributed by atoms with E-state index in [1.165, 1.54) is 0 Å². The van der Waals surface area contributed by atoms with E-state index in [0.717, 1.165) is 12.8 Å². The third kappa shape index (κ3) is 4.06. The van der Waals surface area contributed by atoms with Gasteiger partial charge in [0.15, 0.2) is 10.4 Å². The molecule has 19 heavy (non-hydrogen) atoms. The van der Waals surface area contributed by atoms with E-state index >= 15 is 0 Å². The standard InChI is InChI=1S/C13H18BrNO4/c14-12-3-2-11(19-12)13(17)15-6-4-10(5-7-15)18-9-1-8-16/h2-3,10,16H,1,4-9H2. The summed E-state index contributed by atoms with van der Waals surface area (Å²) in [6.45, 7) is 2.10. The normalized spacial score (nSPS) is 16.8. The minimum absolute atomic E-state index is 0.0699. The summed E-state index contributed by atoms with van der Waals surface area (Å²) in [5.41, 5.74) is 0. The lowest BCUT2D eigenvalue weighted by atomic mass is 10.1. The zero-order valence-electron chi connectivity index (χ0n) is 10.7. The van der Waals surface area contributed by atoms with Crippen LogP contribution in [0.25, 0.3) is 0 Å². The van der Waals surface area contributed by atoms with Crippen molar-refractivity contribution < 1.29 is 19.1 Å². The van der Waals surface area contributed by atoms with E-state index in [4.69, 9.17) is 14.3 Å². The SMILES string of the molecule is O=C(c1ccc(Br)o1)N1CCC(OCCCO)CC1. The molecule has 2 rings (SSSR count). The monoisotopic (exact) mass is 331 g/mol. The quantitative estimate of drug-likeness (QED) is 0.839. The van der Waals surface area contributed by atoms with Crippen LogP contribution in [0.1, 0.15) is 29.8 Å². The van der Waals surface area contributed by atoms with E-state index in [9.17, 15) is 4.79 Å². The minimum atomic E-state index is -0.0699. The second-order valence-corrected chi connectivity index (χ2v) is 5.32. The van der Waals surface area contributed by atoms with E-state index < -0.39 is 0 Å². The van der Waals surface area contributed by atoms with Gasteiger partial charge in [-0.15, -0.1) is 0 Å². The molecule has 0 atom stereocenters. The second kappa shape index (κ2) is 7.07. The molecule has 1 fully saturated rings. The van der Waals surface area contributed by atoms with Crippen molar-refractivity contribution in [1.82, 2.24) is 4.90 Å². The van der Waals surface area contributed by atoms with Gasteiger partial charge in [-0.2, -0.15) is 0 Å². The maximum atomic E-state index is 12.1. The van der Waals surface area contributed by atoms with Crippen LogP contribution >= 0.6 is 15.9 Å². The lowest BCUT2D eigenvalue weighted by Crippen LogP contribution is -2.40. The van der Waals surface area contributed by atoms with Gasteiger partial charge in [-0.05, 0) is 47.3 Å². The minimum Gasteiger partial charge on any atom is -0.444 e. The molecule has 6 heteroatoms. The van der Waals surface area contributed by atoms with Crippen LogP contribution in [0.4, 0.5) is 0 Å². The number of carbonyl (C=O) groups excluding carboxylic acids is 1. The summed E-state index contributed by atoms with van der Waals surface area (Å²) in [7, 11) is 0. The molecule has 0 radical (unpaired) electrons. The Labute approximate surface area is 120 Å². The number of halogens is 1. The number of rotatable bonds is 5. The molecule has 0 spiro atoms. The van der Waals surface area contributed by atoms with Crippen molar-refractivity contribution in [2.24, 2.45) is 0 Å². The summed E-state index contributed by atoms with van der Waals surface area (Å²) in [5.74, 6) is 0.297. The Bertz CT molecular complexity index is 413. The fraction of sp³-hybridized carbons (Fsp3) is 0.615. The molecule has 0 unspecified atom stereocenters. The molecule has 0 bridgehead atoms. The first kappa shape index (κ1) is 14.6. The van der Waals surface area contributed by atoms with Crippen LogP contribution in [0.15, 0.2) is 21.2 Å². The highest BCUT2D eigenvalue weighted by molar-refractivity contribution is 9.10. The molecule has 1 aromatic rings. The van der Waals surface area contributed by atoms with Gasteiger partial charge in [0, 0.05) is 26.3 Å². The van der Waals surface area contributed by atoms with Crippen molar-refractivity contribution in [1.29, 1.82) is 0 Å². The number of nitrogens with zero attached hydrogens (tertiary/aromatic N) is 1. The molecule has 5 nitrogen and oxygen atoms in total. The van der Waals surface area contributed by atoms with Crippen molar-refractivity contribution >= 4 is 21.8 Å². The molecule has 0 aliphatic carbocycles. The maximum absolute atomic E-state index is 12.1. The highest BCUT2D eigenvalue weighted by Gasteiger charge is 2.25. The van der Waals surface area contributed by atoms with Crippen LogP contribution in [0.2, 0.25) is 0 Å². The number of hydrogen-bond donors (Lipinski definition) is 1. The molecule has 1 N–H and O–H groups in total. The lowest BCUT2D eigenvalue weighted by Gasteiger charge is -2.31. The van der Waals surface area contributed by atoms with Crippen LogP contribution in [0.5, 0.6) is 0 Å². The predicted octanol–water partition coefficient (Wildman–Crippen LogP) is 2.05. The summed E-state index contributed by atoms with van der Waals surface area (Å²) in [4.78, 5) is 13.9. The Morgan fingerprint density at radius 3 is 2.79 bits per heavy atom. The third-order valence-electron chi connectivity index (χ3n) is 3.17. The lowest BCUT2D eigenvalue weighted by molar-refractivity contribution is 0.00324. The average Bonchev–Trinajstić information content (AvgIpc) is 2.86. The molecule has 1 aliphatic rings. The summed E-state index contributed by atoms with van der Waals surface area (Å²) < 4.78 is 11.5. The van der Waals surface area contributed by atoms with Crippen LogP contribution < -0.4 is 0 Å². The van der Waals surface area contributed by atoms with Gasteiger partial charge in [0.25, 0.3) is 5.91 Å². The number of carbonyl (C=O) groups is 1. The fourth-order valence-corrected chi connectivity index (χ4v) is 2.43. The maximum Gasteiger partial charge on any atom is 0.289 e. The van der Waals surface area contributed by atoms with E-state index in [2.05, 4.69) is 15.9 Å². The fourth-order valence-electron chi connectivity index (χ4n) is 2.13. The first-order valence-corrected chi connectivity index (χ1v) is 7.27. The van der Waals surface area contributed by atoms with Crippen LogP contribution in [-0.2, 0) is 4.74 Å². The number of piperidine rings is 1. The van der Waals surface area contributed by atoms with Crippen molar-refractivity contribution in [3.8, 4) is 0 Å². The van der Waals surface area contributed by atoms with Gasteiger partial charge in [0.05, 0.1) is 6.10 Å². The third-order valence-corrected chi connectivity index (χ3v) is 3.60. The highest BCUT2D eigenvalue weighted by Crippen LogP contribution is 2.19. The summed E-state index contributed by atoms with van der Waals surface area (Å²) >= 11 is 3.19. The summed E-state index contributed by atoms with van der Waals surface area (Å²) in [5, 5.41) is 8.69. The molecule has 1 saturated heterocycles. The molecular weight excluding hydrogens is 314 g/mol. The molecule has 1 aromatic heterocycles. The smallest absolute Gasteiger partial charge is 0.289 e. The van der Waals surface area contributed by atoms with Crippen molar-refractivity contribution in [3.05, 3.63) is 22.6 Å². The number of aliphatic hydroxyl groups is 1. The van der Waals surface area contributed by atoms with Gasteiger partial charge in [-0.1, -0.05) is 0 Å². The van der Waals surface area contributed by atoms with Gasteiger partial charge in [-0.3, -0.25) is 4.79 Å². The molecule has 106 valence electrons. The van der Waals surface area contributed by atoms with E-state index in [1.807, 2.05) is 0 Å². The Balaban J connectivity index is 1.78. The predicted molar refractivity (Wildman–Crippen MR) is 73.0 cm³/mol. The number of aliphatic hydroxyl groups excluding tert-OH is 1. The van der Waals surface area contributed by atoms with Crippen LogP contribution in [-0.4, -0.2) is 48.3 Å².